The van der Waals surface area contributed by atoms with E-state index >= 15 is 0 Å². The predicted octanol–water partition coefficient (Wildman–Crippen LogP) is 1.78. The third kappa shape index (κ3) is 2.82. The molecule has 6 heteroatoms. The van der Waals surface area contributed by atoms with Crippen LogP contribution in [0.15, 0.2) is 36.5 Å². The number of benzene rings is 1. The Morgan fingerprint density at radius 2 is 2.00 bits per heavy atom. The average molecular weight is 329 g/mol. The van der Waals surface area contributed by atoms with E-state index in [1.807, 2.05) is 11.0 Å². The van der Waals surface area contributed by atoms with Crippen molar-refractivity contribution < 1.29 is 14.3 Å². The van der Waals surface area contributed by atoms with Crippen LogP contribution in [0.1, 0.15) is 18.5 Å². The minimum absolute atomic E-state index is 0.0564. The van der Waals surface area contributed by atoms with Gasteiger partial charge in [0.15, 0.2) is 0 Å². The number of halogens is 1. The standard InChI is InChI=1S/C18H20FN3O2/c19-13-2-4-15(5-3-13)22-8-7-14(20-22)9-18(24)21-10-12-1-6-17(23)16(12)11-21/h2-5,7-8,12,16-17,23H,1,6,9-11H2. The molecule has 1 aromatic heterocycles. The largest absolute Gasteiger partial charge is 0.393 e. The van der Waals surface area contributed by atoms with Gasteiger partial charge in [0.25, 0.3) is 0 Å². The average Bonchev–Trinajstić information content (AvgIpc) is 3.26. The first-order valence-electron chi connectivity index (χ1n) is 8.36. The number of carbonyl (C=O) groups excluding carboxylic acids is 1. The van der Waals surface area contributed by atoms with Crippen LogP contribution in [0.4, 0.5) is 4.39 Å². The first-order chi connectivity index (χ1) is 11.6. The maximum Gasteiger partial charge on any atom is 0.228 e. The van der Waals surface area contributed by atoms with Crippen molar-refractivity contribution in [1.82, 2.24) is 14.7 Å². The lowest BCUT2D eigenvalue weighted by Gasteiger charge is -2.17. The summed E-state index contributed by atoms with van der Waals surface area (Å²) in [5, 5.41) is 14.4. The molecule has 4 rings (SSSR count). The molecule has 3 atom stereocenters. The van der Waals surface area contributed by atoms with Crippen molar-refractivity contribution in [3.63, 3.8) is 0 Å². The van der Waals surface area contributed by atoms with E-state index in [2.05, 4.69) is 5.10 Å². The Morgan fingerprint density at radius 3 is 2.75 bits per heavy atom. The molecule has 2 heterocycles. The molecule has 1 N–H and O–H groups in total. The summed E-state index contributed by atoms with van der Waals surface area (Å²) in [5.74, 6) is 0.454. The summed E-state index contributed by atoms with van der Waals surface area (Å²) in [6.45, 7) is 1.41. The van der Waals surface area contributed by atoms with E-state index in [0.717, 1.165) is 25.1 Å². The van der Waals surface area contributed by atoms with Crippen LogP contribution in [0.25, 0.3) is 5.69 Å². The van der Waals surface area contributed by atoms with Crippen molar-refractivity contribution in [2.24, 2.45) is 11.8 Å². The molecule has 0 radical (unpaired) electrons. The van der Waals surface area contributed by atoms with Crippen molar-refractivity contribution in [3.05, 3.63) is 48.0 Å². The Labute approximate surface area is 139 Å². The highest BCUT2D eigenvalue weighted by Crippen LogP contribution is 2.38. The third-order valence-electron chi connectivity index (χ3n) is 5.24. The van der Waals surface area contributed by atoms with E-state index in [-0.39, 0.29) is 30.2 Å². The molecule has 2 aliphatic rings. The Bertz CT molecular complexity index is 743. The van der Waals surface area contributed by atoms with Gasteiger partial charge >= 0.3 is 0 Å². The number of carbonyl (C=O) groups is 1. The summed E-state index contributed by atoms with van der Waals surface area (Å²) >= 11 is 0. The van der Waals surface area contributed by atoms with Crippen molar-refractivity contribution in [2.45, 2.75) is 25.4 Å². The Balaban J connectivity index is 1.41. The number of fused-ring (bicyclic) bond motifs is 1. The number of aliphatic hydroxyl groups excluding tert-OH is 1. The van der Waals surface area contributed by atoms with Crippen LogP contribution in [0, 0.1) is 17.7 Å². The lowest BCUT2D eigenvalue weighted by Crippen LogP contribution is -2.32. The van der Waals surface area contributed by atoms with Crippen LogP contribution in [0.5, 0.6) is 0 Å². The number of rotatable bonds is 3. The Kier molecular flexibility index (Phi) is 3.84. The van der Waals surface area contributed by atoms with Gasteiger partial charge in [-0.2, -0.15) is 5.10 Å². The molecule has 0 bridgehead atoms. The highest BCUT2D eigenvalue weighted by molar-refractivity contribution is 5.78. The molecule has 24 heavy (non-hydrogen) atoms. The first-order valence-corrected chi connectivity index (χ1v) is 8.36. The molecule has 126 valence electrons. The molecule has 2 fully saturated rings. The molecule has 1 aliphatic heterocycles. The maximum absolute atomic E-state index is 13.0. The van der Waals surface area contributed by atoms with E-state index < -0.39 is 0 Å². The van der Waals surface area contributed by atoms with Crippen LogP contribution in [-0.2, 0) is 11.2 Å². The SMILES string of the molecule is O=C(Cc1ccn(-c2ccc(F)cc2)n1)N1CC2CCC(O)C2C1. The summed E-state index contributed by atoms with van der Waals surface area (Å²) in [7, 11) is 0. The number of aromatic nitrogens is 2. The van der Waals surface area contributed by atoms with Crippen LogP contribution in [-0.4, -0.2) is 44.9 Å². The highest BCUT2D eigenvalue weighted by atomic mass is 19.1. The summed E-state index contributed by atoms with van der Waals surface area (Å²) in [5.41, 5.74) is 1.45. The fraction of sp³-hybridized carbons (Fsp3) is 0.444. The van der Waals surface area contributed by atoms with E-state index in [0.29, 0.717) is 18.2 Å². The highest BCUT2D eigenvalue weighted by Gasteiger charge is 2.43. The molecule has 1 saturated carbocycles. The van der Waals surface area contributed by atoms with Gasteiger partial charge in [-0.25, -0.2) is 9.07 Å². The fourth-order valence-electron chi connectivity index (χ4n) is 3.90. The van der Waals surface area contributed by atoms with Gasteiger partial charge < -0.3 is 10.0 Å². The maximum atomic E-state index is 13.0. The molecule has 5 nitrogen and oxygen atoms in total. The molecule has 1 aromatic carbocycles. The second kappa shape index (κ2) is 6.02. The number of hydrogen-bond donors (Lipinski definition) is 1. The van der Waals surface area contributed by atoms with Crippen LogP contribution >= 0.6 is 0 Å². The van der Waals surface area contributed by atoms with Crippen LogP contribution in [0.3, 0.4) is 0 Å². The van der Waals surface area contributed by atoms with E-state index in [1.54, 1.807) is 23.0 Å². The van der Waals surface area contributed by atoms with Gasteiger partial charge in [-0.1, -0.05) is 0 Å². The molecule has 1 saturated heterocycles. The van der Waals surface area contributed by atoms with E-state index in [4.69, 9.17) is 0 Å². The van der Waals surface area contributed by atoms with Crippen molar-refractivity contribution in [3.8, 4) is 5.69 Å². The van der Waals surface area contributed by atoms with Gasteiger partial charge in [0.1, 0.15) is 5.82 Å². The fourth-order valence-corrected chi connectivity index (χ4v) is 3.90. The zero-order chi connectivity index (χ0) is 16.7. The lowest BCUT2D eigenvalue weighted by atomic mass is 10.00. The van der Waals surface area contributed by atoms with Crippen LogP contribution < -0.4 is 0 Å². The smallest absolute Gasteiger partial charge is 0.228 e. The van der Waals surface area contributed by atoms with Gasteiger partial charge in [0.2, 0.25) is 5.91 Å². The topological polar surface area (TPSA) is 58.4 Å². The summed E-state index contributed by atoms with van der Waals surface area (Å²) < 4.78 is 14.6. The second-order valence-electron chi connectivity index (χ2n) is 6.77. The zero-order valence-electron chi connectivity index (χ0n) is 13.3. The number of aliphatic hydroxyl groups is 1. The van der Waals surface area contributed by atoms with Crippen molar-refractivity contribution in [2.75, 3.05) is 13.1 Å². The number of likely N-dealkylation sites (tertiary alicyclic amines) is 1. The van der Waals surface area contributed by atoms with Gasteiger partial charge in [-0.05, 0) is 49.1 Å². The minimum Gasteiger partial charge on any atom is -0.393 e. The lowest BCUT2D eigenvalue weighted by molar-refractivity contribution is -0.129. The van der Waals surface area contributed by atoms with E-state index in [9.17, 15) is 14.3 Å². The summed E-state index contributed by atoms with van der Waals surface area (Å²) in [6.07, 6.45) is 3.64. The molecule has 1 aliphatic carbocycles. The zero-order valence-corrected chi connectivity index (χ0v) is 13.3. The van der Waals surface area contributed by atoms with Gasteiger partial charge in [-0.15, -0.1) is 0 Å². The second-order valence-corrected chi connectivity index (χ2v) is 6.77. The Morgan fingerprint density at radius 1 is 1.21 bits per heavy atom. The predicted molar refractivity (Wildman–Crippen MR) is 86.0 cm³/mol. The van der Waals surface area contributed by atoms with Crippen molar-refractivity contribution in [1.29, 1.82) is 0 Å². The summed E-state index contributed by atoms with van der Waals surface area (Å²) in [6, 6.07) is 7.88. The number of nitrogens with zero attached hydrogens (tertiary/aromatic N) is 3. The monoisotopic (exact) mass is 329 g/mol. The number of hydrogen-bond acceptors (Lipinski definition) is 3. The summed E-state index contributed by atoms with van der Waals surface area (Å²) in [4.78, 5) is 14.3. The quantitative estimate of drug-likeness (QED) is 0.934. The molecular formula is C18H20FN3O2. The normalized spacial score (nSPS) is 25.9. The first kappa shape index (κ1) is 15.3. The molecule has 2 aromatic rings. The van der Waals surface area contributed by atoms with Crippen molar-refractivity contribution >= 4 is 5.91 Å². The van der Waals surface area contributed by atoms with Crippen LogP contribution in [0.2, 0.25) is 0 Å². The third-order valence-corrected chi connectivity index (χ3v) is 5.24. The van der Waals surface area contributed by atoms with Gasteiger partial charge in [0, 0.05) is 25.2 Å². The molecule has 3 unspecified atom stereocenters. The molecule has 1 amide bonds. The molecular weight excluding hydrogens is 309 g/mol. The van der Waals surface area contributed by atoms with Gasteiger partial charge in [-0.3, -0.25) is 4.79 Å². The minimum atomic E-state index is -0.289. The van der Waals surface area contributed by atoms with E-state index in [1.165, 1.54) is 12.1 Å². The Hall–Kier alpha value is -2.21. The number of amides is 1. The van der Waals surface area contributed by atoms with Gasteiger partial charge in [0.05, 0.1) is 23.9 Å². The molecule has 0 spiro atoms.